The van der Waals surface area contributed by atoms with Gasteiger partial charge in [-0.3, -0.25) is 9.78 Å². The van der Waals surface area contributed by atoms with Crippen LogP contribution in [0.2, 0.25) is 0 Å². The van der Waals surface area contributed by atoms with Crippen molar-refractivity contribution in [3.8, 4) is 11.3 Å². The minimum absolute atomic E-state index is 0.224. The van der Waals surface area contributed by atoms with E-state index < -0.39 is 0 Å². The summed E-state index contributed by atoms with van der Waals surface area (Å²) in [5.41, 5.74) is 10.5. The van der Waals surface area contributed by atoms with Crippen molar-refractivity contribution in [2.75, 3.05) is 12.3 Å². The van der Waals surface area contributed by atoms with E-state index in [4.69, 9.17) is 5.73 Å². The predicted octanol–water partition coefficient (Wildman–Crippen LogP) is 3.49. The third-order valence-electron chi connectivity index (χ3n) is 5.08. The lowest BCUT2D eigenvalue weighted by atomic mass is 10.1. The number of fused-ring (bicyclic) bond motifs is 3. The van der Waals surface area contributed by atoms with Gasteiger partial charge in [0, 0.05) is 41.8 Å². The first-order valence-corrected chi connectivity index (χ1v) is 9.69. The lowest BCUT2D eigenvalue weighted by Crippen LogP contribution is -2.19. The molecule has 2 aromatic carbocycles. The van der Waals surface area contributed by atoms with E-state index in [1.165, 1.54) is 12.1 Å². The Labute approximate surface area is 171 Å². The van der Waals surface area contributed by atoms with Crippen LogP contribution in [0.1, 0.15) is 5.56 Å². The largest absolute Gasteiger partial charge is 0.382 e. The minimum atomic E-state index is -0.224. The van der Waals surface area contributed by atoms with Crippen LogP contribution in [0, 0.1) is 5.82 Å². The lowest BCUT2D eigenvalue weighted by molar-refractivity contribution is 0.556. The molecule has 0 amide bonds. The van der Waals surface area contributed by atoms with Crippen molar-refractivity contribution in [1.82, 2.24) is 30.3 Å². The monoisotopic (exact) mass is 401 g/mol. The number of nitrogens with one attached hydrogen (secondary N) is 2. The second-order valence-corrected chi connectivity index (χ2v) is 7.16. The molecule has 3 heterocycles. The fraction of sp³-hybridized carbons (Fsp3) is 0.136. The molecule has 0 radical (unpaired) electrons. The molecule has 0 unspecified atom stereocenters. The first-order chi connectivity index (χ1) is 14.7. The van der Waals surface area contributed by atoms with Gasteiger partial charge in [0.25, 0.3) is 0 Å². The summed E-state index contributed by atoms with van der Waals surface area (Å²) in [6, 6.07) is 14.6. The van der Waals surface area contributed by atoms with Gasteiger partial charge in [0.1, 0.15) is 11.3 Å². The molecule has 5 aromatic rings. The van der Waals surface area contributed by atoms with E-state index >= 15 is 0 Å². The summed E-state index contributed by atoms with van der Waals surface area (Å²) < 4.78 is 15.1. The first kappa shape index (κ1) is 18.3. The Kier molecular flexibility index (Phi) is 4.61. The number of anilines is 1. The van der Waals surface area contributed by atoms with Crippen LogP contribution in [0.5, 0.6) is 0 Å². The Morgan fingerprint density at radius 2 is 2.03 bits per heavy atom. The molecule has 30 heavy (non-hydrogen) atoms. The van der Waals surface area contributed by atoms with Crippen LogP contribution < -0.4 is 11.1 Å². The molecule has 0 spiro atoms. The van der Waals surface area contributed by atoms with Gasteiger partial charge in [0.2, 0.25) is 0 Å². The predicted molar refractivity (Wildman–Crippen MR) is 115 cm³/mol. The Morgan fingerprint density at radius 1 is 1.10 bits per heavy atom. The van der Waals surface area contributed by atoms with Crippen molar-refractivity contribution < 1.29 is 4.39 Å². The van der Waals surface area contributed by atoms with Crippen molar-refractivity contribution in [3.63, 3.8) is 0 Å². The van der Waals surface area contributed by atoms with Gasteiger partial charge in [-0.25, -0.2) is 9.37 Å². The number of H-pyrrole nitrogens is 1. The van der Waals surface area contributed by atoms with Gasteiger partial charge in [0.05, 0.1) is 17.8 Å². The van der Waals surface area contributed by atoms with Crippen molar-refractivity contribution in [3.05, 3.63) is 72.3 Å². The number of halogens is 1. The van der Waals surface area contributed by atoms with E-state index in [9.17, 15) is 4.39 Å². The fourth-order valence-corrected chi connectivity index (χ4v) is 3.61. The van der Waals surface area contributed by atoms with Gasteiger partial charge in [-0.1, -0.05) is 24.3 Å². The van der Waals surface area contributed by atoms with Crippen molar-refractivity contribution in [1.29, 1.82) is 0 Å². The smallest absolute Gasteiger partial charge is 0.152 e. The molecule has 0 aliphatic carbocycles. The summed E-state index contributed by atoms with van der Waals surface area (Å²) in [5, 5.41) is 16.9. The van der Waals surface area contributed by atoms with E-state index in [0.717, 1.165) is 33.1 Å². The molecular formula is C22H20FN7. The molecule has 5 rings (SSSR count). The summed E-state index contributed by atoms with van der Waals surface area (Å²) in [7, 11) is 0. The number of pyridine rings is 1. The lowest BCUT2D eigenvalue weighted by Gasteiger charge is -2.05. The van der Waals surface area contributed by atoms with Crippen molar-refractivity contribution in [2.24, 2.45) is 0 Å². The fourth-order valence-electron chi connectivity index (χ4n) is 3.61. The standard InChI is InChI=1S/C22H20FN7/c23-16-3-1-2-14(10-16)12-25-8-9-30-13-18-17-5-4-15(19-6-7-26-28-19)11-20(17)27-22(24)21(18)29-30/h1-7,10-11,13,25H,8-9,12H2,(H2,24,27)(H,26,28). The molecule has 8 heteroatoms. The second kappa shape index (κ2) is 7.57. The molecule has 150 valence electrons. The van der Waals surface area contributed by atoms with Crippen LogP contribution in [-0.2, 0) is 13.1 Å². The highest BCUT2D eigenvalue weighted by atomic mass is 19.1. The molecule has 4 N–H and O–H groups in total. The molecule has 7 nitrogen and oxygen atoms in total. The number of hydrogen-bond donors (Lipinski definition) is 3. The highest BCUT2D eigenvalue weighted by Crippen LogP contribution is 2.29. The maximum atomic E-state index is 13.3. The molecule has 0 bridgehead atoms. The molecule has 0 aliphatic heterocycles. The third-order valence-corrected chi connectivity index (χ3v) is 5.08. The summed E-state index contributed by atoms with van der Waals surface area (Å²) in [6.07, 6.45) is 3.71. The molecule has 0 fully saturated rings. The number of rotatable bonds is 6. The van der Waals surface area contributed by atoms with Gasteiger partial charge in [-0.2, -0.15) is 10.2 Å². The van der Waals surface area contributed by atoms with E-state index in [1.54, 1.807) is 12.3 Å². The van der Waals surface area contributed by atoms with Gasteiger partial charge in [-0.15, -0.1) is 0 Å². The van der Waals surface area contributed by atoms with Gasteiger partial charge in [-0.05, 0) is 29.8 Å². The summed E-state index contributed by atoms with van der Waals surface area (Å²) >= 11 is 0. The van der Waals surface area contributed by atoms with E-state index in [0.29, 0.717) is 31.0 Å². The first-order valence-electron chi connectivity index (χ1n) is 9.69. The normalized spacial score (nSPS) is 11.5. The van der Waals surface area contributed by atoms with Crippen LogP contribution >= 0.6 is 0 Å². The van der Waals surface area contributed by atoms with Crippen molar-refractivity contribution in [2.45, 2.75) is 13.1 Å². The molecule has 3 aromatic heterocycles. The maximum absolute atomic E-state index is 13.3. The average molecular weight is 401 g/mol. The third kappa shape index (κ3) is 3.48. The number of nitrogens with zero attached hydrogens (tertiary/aromatic N) is 4. The zero-order valence-corrected chi connectivity index (χ0v) is 16.1. The minimum Gasteiger partial charge on any atom is -0.382 e. The van der Waals surface area contributed by atoms with Gasteiger partial charge in [0.15, 0.2) is 5.82 Å². The molecule has 0 aliphatic rings. The number of nitrogen functional groups attached to an aromatic ring is 1. The molecule has 0 saturated heterocycles. The zero-order valence-electron chi connectivity index (χ0n) is 16.1. The number of aromatic nitrogens is 5. The molecule has 0 atom stereocenters. The van der Waals surface area contributed by atoms with Crippen LogP contribution in [0.15, 0.2) is 60.9 Å². The van der Waals surface area contributed by atoms with E-state index in [2.05, 4.69) is 25.6 Å². The van der Waals surface area contributed by atoms with Crippen LogP contribution in [0.25, 0.3) is 33.1 Å². The van der Waals surface area contributed by atoms with Crippen LogP contribution in [-0.4, -0.2) is 31.5 Å². The van der Waals surface area contributed by atoms with Gasteiger partial charge >= 0.3 is 0 Å². The Morgan fingerprint density at radius 3 is 2.87 bits per heavy atom. The second-order valence-electron chi connectivity index (χ2n) is 7.16. The van der Waals surface area contributed by atoms with Crippen LogP contribution in [0.4, 0.5) is 10.2 Å². The SMILES string of the molecule is Nc1nc2cc(-c3ccn[nH]3)ccc2c2cn(CCNCc3cccc(F)c3)nc12. The highest BCUT2D eigenvalue weighted by Gasteiger charge is 2.12. The zero-order chi connectivity index (χ0) is 20.5. The Bertz CT molecular complexity index is 1320. The number of hydrogen-bond acceptors (Lipinski definition) is 5. The van der Waals surface area contributed by atoms with Crippen molar-refractivity contribution >= 4 is 27.6 Å². The number of benzene rings is 2. The summed E-state index contributed by atoms with van der Waals surface area (Å²) in [4.78, 5) is 4.55. The summed E-state index contributed by atoms with van der Waals surface area (Å²) in [5.74, 6) is 0.184. The maximum Gasteiger partial charge on any atom is 0.152 e. The average Bonchev–Trinajstić information content (AvgIpc) is 3.42. The summed E-state index contributed by atoms with van der Waals surface area (Å²) in [6.45, 7) is 1.96. The molecular weight excluding hydrogens is 381 g/mol. The van der Waals surface area contributed by atoms with Crippen LogP contribution in [0.3, 0.4) is 0 Å². The number of nitrogens with two attached hydrogens (primary N) is 1. The number of aromatic amines is 1. The topological polar surface area (TPSA) is 97.4 Å². The van der Waals surface area contributed by atoms with E-state index in [-0.39, 0.29) is 5.82 Å². The van der Waals surface area contributed by atoms with E-state index in [1.807, 2.05) is 41.2 Å². The quantitative estimate of drug-likeness (QED) is 0.379. The Hall–Kier alpha value is -3.78. The highest BCUT2D eigenvalue weighted by molar-refractivity contribution is 6.08. The van der Waals surface area contributed by atoms with Gasteiger partial charge < -0.3 is 11.1 Å². The molecule has 0 saturated carbocycles. The Balaban J connectivity index is 1.36.